The molecule has 90 valence electrons. The predicted octanol–water partition coefficient (Wildman–Crippen LogP) is 3.98. The van der Waals surface area contributed by atoms with E-state index in [9.17, 15) is 0 Å². The fourth-order valence-electron chi connectivity index (χ4n) is 1.38. The maximum absolute atomic E-state index is 5.38. The molecule has 0 bridgehead atoms. The van der Waals surface area contributed by atoms with Crippen LogP contribution >= 0.6 is 15.9 Å². The molecule has 0 aliphatic rings. The number of anilines is 1. The average Bonchev–Trinajstić information content (AvgIpc) is 2.24. The summed E-state index contributed by atoms with van der Waals surface area (Å²) in [6.07, 6.45) is 0.976. The van der Waals surface area contributed by atoms with Crippen molar-refractivity contribution in [1.29, 1.82) is 0 Å². The zero-order valence-corrected chi connectivity index (χ0v) is 12.0. The highest BCUT2D eigenvalue weighted by molar-refractivity contribution is 9.10. The van der Waals surface area contributed by atoms with Crippen molar-refractivity contribution in [3.63, 3.8) is 0 Å². The summed E-state index contributed by atoms with van der Waals surface area (Å²) in [6.45, 7) is 7.19. The first-order valence-electron chi connectivity index (χ1n) is 5.50. The monoisotopic (exact) mass is 285 g/mol. The minimum absolute atomic E-state index is 0.0662. The molecule has 1 N–H and O–H groups in total. The first kappa shape index (κ1) is 13.5. The molecular formula is C13H20BrNO. The maximum Gasteiger partial charge on any atom is 0.0639 e. The van der Waals surface area contributed by atoms with Crippen LogP contribution in [0.5, 0.6) is 0 Å². The third-order valence-corrected chi connectivity index (χ3v) is 3.84. The summed E-state index contributed by atoms with van der Waals surface area (Å²) in [5, 5.41) is 3.42. The van der Waals surface area contributed by atoms with Gasteiger partial charge in [-0.1, -0.05) is 12.1 Å². The van der Waals surface area contributed by atoms with Gasteiger partial charge in [-0.2, -0.15) is 0 Å². The second-order valence-corrected chi connectivity index (χ2v) is 5.37. The highest BCUT2D eigenvalue weighted by atomic mass is 79.9. The van der Waals surface area contributed by atoms with E-state index in [2.05, 4.69) is 60.2 Å². The maximum atomic E-state index is 5.38. The van der Waals surface area contributed by atoms with Gasteiger partial charge in [-0.3, -0.25) is 0 Å². The topological polar surface area (TPSA) is 21.3 Å². The minimum atomic E-state index is -0.0662. The van der Waals surface area contributed by atoms with Crippen molar-refractivity contribution in [3.05, 3.63) is 28.2 Å². The Morgan fingerprint density at radius 2 is 2.06 bits per heavy atom. The Kier molecular flexibility index (Phi) is 4.81. The summed E-state index contributed by atoms with van der Waals surface area (Å²) in [7, 11) is 1.75. The second kappa shape index (κ2) is 5.69. The zero-order chi connectivity index (χ0) is 12.2. The first-order valence-corrected chi connectivity index (χ1v) is 6.30. The highest BCUT2D eigenvalue weighted by Gasteiger charge is 2.15. The molecule has 0 fully saturated rings. The van der Waals surface area contributed by atoms with Crippen molar-refractivity contribution >= 4 is 21.6 Å². The van der Waals surface area contributed by atoms with Crippen molar-refractivity contribution in [3.8, 4) is 0 Å². The lowest BCUT2D eigenvalue weighted by Gasteiger charge is -2.23. The Morgan fingerprint density at radius 1 is 1.38 bits per heavy atom. The molecule has 3 heteroatoms. The van der Waals surface area contributed by atoms with Gasteiger partial charge in [-0.25, -0.2) is 0 Å². The lowest BCUT2D eigenvalue weighted by molar-refractivity contribution is 0.0185. The normalized spacial score (nSPS) is 11.6. The van der Waals surface area contributed by atoms with E-state index in [1.54, 1.807) is 7.11 Å². The van der Waals surface area contributed by atoms with Crippen LogP contribution < -0.4 is 5.32 Å². The van der Waals surface area contributed by atoms with Crippen molar-refractivity contribution in [1.82, 2.24) is 0 Å². The Labute approximate surface area is 107 Å². The van der Waals surface area contributed by atoms with Crippen LogP contribution in [0.1, 0.15) is 25.8 Å². The Hall–Kier alpha value is -0.540. The third-order valence-electron chi connectivity index (χ3n) is 2.79. The number of hydrogen-bond donors (Lipinski definition) is 1. The Morgan fingerprint density at radius 3 is 2.69 bits per heavy atom. The quantitative estimate of drug-likeness (QED) is 0.883. The zero-order valence-electron chi connectivity index (χ0n) is 10.4. The van der Waals surface area contributed by atoms with E-state index in [0.717, 1.165) is 23.1 Å². The molecule has 1 rings (SSSR count). The molecule has 16 heavy (non-hydrogen) atoms. The van der Waals surface area contributed by atoms with Crippen molar-refractivity contribution < 1.29 is 4.74 Å². The SMILES string of the molecule is COC(C)(C)CCNc1cccc(C)c1Br. The molecule has 1 aromatic carbocycles. The molecule has 2 nitrogen and oxygen atoms in total. The molecule has 0 aliphatic carbocycles. The molecular weight excluding hydrogens is 266 g/mol. The number of nitrogens with one attached hydrogen (secondary N) is 1. The van der Waals surface area contributed by atoms with Crippen molar-refractivity contribution in [2.75, 3.05) is 19.0 Å². The molecule has 1 aromatic rings. The molecule has 0 unspecified atom stereocenters. The summed E-state index contributed by atoms with van der Waals surface area (Å²) in [4.78, 5) is 0. The third kappa shape index (κ3) is 3.80. The van der Waals surface area contributed by atoms with E-state index in [1.165, 1.54) is 5.56 Å². The molecule has 0 atom stereocenters. The Balaban J connectivity index is 2.53. The lowest BCUT2D eigenvalue weighted by atomic mass is 10.1. The molecule has 0 saturated carbocycles. The number of hydrogen-bond acceptors (Lipinski definition) is 2. The number of ether oxygens (including phenoxy) is 1. The van der Waals surface area contributed by atoms with Gasteiger partial charge in [-0.05, 0) is 54.8 Å². The summed E-state index contributed by atoms with van der Waals surface area (Å²) in [6, 6.07) is 6.23. The van der Waals surface area contributed by atoms with E-state index in [1.807, 2.05) is 0 Å². The number of halogens is 1. The van der Waals surface area contributed by atoms with Crippen LogP contribution in [0.2, 0.25) is 0 Å². The van der Waals surface area contributed by atoms with Crippen molar-refractivity contribution in [2.24, 2.45) is 0 Å². The summed E-state index contributed by atoms with van der Waals surface area (Å²) >= 11 is 3.58. The van der Waals surface area contributed by atoms with Crippen LogP contribution in [0.4, 0.5) is 5.69 Å². The lowest BCUT2D eigenvalue weighted by Crippen LogP contribution is -2.25. The number of benzene rings is 1. The van der Waals surface area contributed by atoms with E-state index in [4.69, 9.17) is 4.74 Å². The second-order valence-electron chi connectivity index (χ2n) is 4.58. The largest absolute Gasteiger partial charge is 0.384 e. The number of rotatable bonds is 5. The van der Waals surface area contributed by atoms with Gasteiger partial charge in [0.1, 0.15) is 0 Å². The van der Waals surface area contributed by atoms with Gasteiger partial charge < -0.3 is 10.1 Å². The van der Waals surface area contributed by atoms with Crippen LogP contribution in [0, 0.1) is 6.92 Å². The number of aryl methyl sites for hydroxylation is 1. The molecule has 0 radical (unpaired) electrons. The van der Waals surface area contributed by atoms with Gasteiger partial charge in [-0.15, -0.1) is 0 Å². The summed E-state index contributed by atoms with van der Waals surface area (Å²) in [5.74, 6) is 0. The average molecular weight is 286 g/mol. The Bertz CT molecular complexity index is 350. The molecule has 0 amide bonds. The highest BCUT2D eigenvalue weighted by Crippen LogP contribution is 2.26. The van der Waals surface area contributed by atoms with Crippen LogP contribution in [-0.2, 0) is 4.74 Å². The van der Waals surface area contributed by atoms with E-state index in [-0.39, 0.29) is 5.60 Å². The molecule has 0 spiro atoms. The fraction of sp³-hybridized carbons (Fsp3) is 0.538. The van der Waals surface area contributed by atoms with Gasteiger partial charge in [0.25, 0.3) is 0 Å². The van der Waals surface area contributed by atoms with Crippen LogP contribution in [0.15, 0.2) is 22.7 Å². The molecule has 0 heterocycles. The van der Waals surface area contributed by atoms with Crippen LogP contribution in [0.25, 0.3) is 0 Å². The van der Waals surface area contributed by atoms with Gasteiger partial charge in [0, 0.05) is 23.8 Å². The summed E-state index contributed by atoms with van der Waals surface area (Å²) < 4.78 is 6.52. The summed E-state index contributed by atoms with van der Waals surface area (Å²) in [5.41, 5.74) is 2.33. The molecule has 0 aliphatic heterocycles. The predicted molar refractivity (Wildman–Crippen MR) is 73.1 cm³/mol. The standard InChI is InChI=1S/C13H20BrNO/c1-10-6-5-7-11(12(10)14)15-9-8-13(2,3)16-4/h5-7,15H,8-9H2,1-4H3. The molecule has 0 aromatic heterocycles. The van der Waals surface area contributed by atoms with Gasteiger partial charge >= 0.3 is 0 Å². The van der Waals surface area contributed by atoms with Crippen LogP contribution in [-0.4, -0.2) is 19.3 Å². The fourth-order valence-corrected chi connectivity index (χ4v) is 1.79. The smallest absolute Gasteiger partial charge is 0.0639 e. The van der Waals surface area contributed by atoms with E-state index >= 15 is 0 Å². The van der Waals surface area contributed by atoms with E-state index in [0.29, 0.717) is 0 Å². The van der Waals surface area contributed by atoms with Gasteiger partial charge in [0.15, 0.2) is 0 Å². The van der Waals surface area contributed by atoms with E-state index < -0.39 is 0 Å². The van der Waals surface area contributed by atoms with Crippen molar-refractivity contribution in [2.45, 2.75) is 32.8 Å². The minimum Gasteiger partial charge on any atom is -0.384 e. The molecule has 0 saturated heterocycles. The van der Waals surface area contributed by atoms with Gasteiger partial charge in [0.05, 0.1) is 5.60 Å². The number of methoxy groups -OCH3 is 1. The van der Waals surface area contributed by atoms with Gasteiger partial charge in [0.2, 0.25) is 0 Å². The first-order chi connectivity index (χ1) is 7.46. The van der Waals surface area contributed by atoms with Crippen LogP contribution in [0.3, 0.4) is 0 Å².